The Bertz CT molecular complexity index is 180. The molecule has 1 amide bonds. The molecule has 0 aromatic rings. The Balaban J connectivity index is 3.76. The van der Waals surface area contributed by atoms with Crippen LogP contribution in [0.2, 0.25) is 0 Å². The van der Waals surface area contributed by atoms with Gasteiger partial charge in [-0.05, 0) is 0 Å². The standard InChI is InChI=1S/C10H23N3O4/c1-15-10(14)13(4-8-16-6-2-11)5-9-17-7-3-12/h2-9,11-12H2,1H3. The van der Waals surface area contributed by atoms with Crippen molar-refractivity contribution < 1.29 is 19.0 Å². The Hall–Kier alpha value is -0.890. The van der Waals surface area contributed by atoms with Crippen molar-refractivity contribution in [2.24, 2.45) is 11.5 Å². The van der Waals surface area contributed by atoms with Gasteiger partial charge in [0.15, 0.2) is 0 Å². The van der Waals surface area contributed by atoms with E-state index < -0.39 is 6.09 Å². The monoisotopic (exact) mass is 249 g/mol. The summed E-state index contributed by atoms with van der Waals surface area (Å²) in [6, 6.07) is 0. The average molecular weight is 249 g/mol. The van der Waals surface area contributed by atoms with E-state index in [9.17, 15) is 4.79 Å². The second-order valence-corrected chi connectivity index (χ2v) is 3.26. The predicted octanol–water partition coefficient (Wildman–Crippen LogP) is -0.995. The van der Waals surface area contributed by atoms with Crippen LogP contribution in [0.5, 0.6) is 0 Å². The van der Waals surface area contributed by atoms with Crippen LogP contribution < -0.4 is 11.5 Å². The molecule has 0 bridgehead atoms. The highest BCUT2D eigenvalue weighted by molar-refractivity contribution is 5.67. The second-order valence-electron chi connectivity index (χ2n) is 3.26. The van der Waals surface area contributed by atoms with Gasteiger partial charge in [0.05, 0.1) is 33.5 Å². The lowest BCUT2D eigenvalue weighted by Crippen LogP contribution is -2.37. The Morgan fingerprint density at radius 2 is 1.47 bits per heavy atom. The summed E-state index contributed by atoms with van der Waals surface area (Å²) in [6.45, 7) is 3.69. The first-order valence-electron chi connectivity index (χ1n) is 5.64. The minimum atomic E-state index is -0.391. The lowest BCUT2D eigenvalue weighted by atomic mass is 10.5. The largest absolute Gasteiger partial charge is 0.453 e. The number of rotatable bonds is 10. The molecule has 0 aliphatic rings. The highest BCUT2D eigenvalue weighted by Gasteiger charge is 2.12. The van der Waals surface area contributed by atoms with Gasteiger partial charge >= 0.3 is 6.09 Å². The van der Waals surface area contributed by atoms with Crippen molar-refractivity contribution >= 4 is 6.09 Å². The van der Waals surface area contributed by atoms with Crippen molar-refractivity contribution in [3.8, 4) is 0 Å². The third kappa shape index (κ3) is 8.87. The molecule has 0 fully saturated rings. The number of carbonyl (C=O) groups excluding carboxylic acids is 1. The normalized spacial score (nSPS) is 10.3. The van der Waals surface area contributed by atoms with Crippen molar-refractivity contribution in [1.82, 2.24) is 4.90 Å². The number of amides is 1. The first-order valence-corrected chi connectivity index (χ1v) is 5.64. The summed E-state index contributed by atoms with van der Waals surface area (Å²) in [6.07, 6.45) is -0.391. The van der Waals surface area contributed by atoms with Crippen LogP contribution in [0.25, 0.3) is 0 Å². The quantitative estimate of drug-likeness (QED) is 0.482. The summed E-state index contributed by atoms with van der Waals surface area (Å²) < 4.78 is 15.1. The summed E-state index contributed by atoms with van der Waals surface area (Å²) in [5.74, 6) is 0. The smallest absolute Gasteiger partial charge is 0.409 e. The molecule has 4 N–H and O–H groups in total. The molecule has 0 aromatic heterocycles. The van der Waals surface area contributed by atoms with Crippen LogP contribution in [0.15, 0.2) is 0 Å². The van der Waals surface area contributed by atoms with E-state index in [2.05, 4.69) is 4.74 Å². The molecule has 0 aromatic carbocycles. The fourth-order valence-electron chi connectivity index (χ4n) is 1.14. The van der Waals surface area contributed by atoms with Gasteiger partial charge in [0, 0.05) is 26.2 Å². The SMILES string of the molecule is COC(=O)N(CCOCCN)CCOCCN. The molecule has 0 aliphatic heterocycles. The van der Waals surface area contributed by atoms with Crippen LogP contribution in [0.3, 0.4) is 0 Å². The topological polar surface area (TPSA) is 100 Å². The maximum absolute atomic E-state index is 11.4. The Morgan fingerprint density at radius 3 is 1.82 bits per heavy atom. The van der Waals surface area contributed by atoms with Gasteiger partial charge in [-0.2, -0.15) is 0 Å². The molecule has 0 radical (unpaired) electrons. The fraction of sp³-hybridized carbons (Fsp3) is 0.900. The fourth-order valence-corrected chi connectivity index (χ4v) is 1.14. The molecule has 17 heavy (non-hydrogen) atoms. The Labute approximate surface area is 102 Å². The highest BCUT2D eigenvalue weighted by Crippen LogP contribution is 1.94. The van der Waals surface area contributed by atoms with Gasteiger partial charge in [-0.15, -0.1) is 0 Å². The molecule has 7 heteroatoms. The predicted molar refractivity (Wildman–Crippen MR) is 63.7 cm³/mol. The van der Waals surface area contributed by atoms with Gasteiger partial charge in [0.2, 0.25) is 0 Å². The van der Waals surface area contributed by atoms with E-state index in [1.54, 1.807) is 0 Å². The van der Waals surface area contributed by atoms with E-state index in [1.807, 2.05) is 0 Å². The van der Waals surface area contributed by atoms with Gasteiger partial charge in [-0.1, -0.05) is 0 Å². The van der Waals surface area contributed by atoms with Crippen molar-refractivity contribution in [3.63, 3.8) is 0 Å². The van der Waals surface area contributed by atoms with Crippen LogP contribution in [-0.2, 0) is 14.2 Å². The molecule has 7 nitrogen and oxygen atoms in total. The van der Waals surface area contributed by atoms with Crippen molar-refractivity contribution in [2.75, 3.05) is 59.7 Å². The van der Waals surface area contributed by atoms with E-state index in [-0.39, 0.29) is 0 Å². The first kappa shape index (κ1) is 16.1. The molecular formula is C10H23N3O4. The van der Waals surface area contributed by atoms with Crippen LogP contribution in [-0.4, -0.2) is 70.7 Å². The zero-order valence-corrected chi connectivity index (χ0v) is 10.4. The number of nitrogens with two attached hydrogens (primary N) is 2. The van der Waals surface area contributed by atoms with Gasteiger partial charge in [-0.25, -0.2) is 4.79 Å². The number of ether oxygens (including phenoxy) is 3. The maximum Gasteiger partial charge on any atom is 0.409 e. The van der Waals surface area contributed by atoms with Crippen molar-refractivity contribution in [1.29, 1.82) is 0 Å². The zero-order chi connectivity index (χ0) is 12.9. The van der Waals surface area contributed by atoms with E-state index in [0.29, 0.717) is 52.6 Å². The maximum atomic E-state index is 11.4. The zero-order valence-electron chi connectivity index (χ0n) is 10.4. The summed E-state index contributed by atoms with van der Waals surface area (Å²) >= 11 is 0. The second kappa shape index (κ2) is 11.6. The van der Waals surface area contributed by atoms with Crippen LogP contribution in [0.4, 0.5) is 4.79 Å². The third-order valence-electron chi connectivity index (χ3n) is 1.97. The molecule has 0 spiro atoms. The Morgan fingerprint density at radius 1 is 1.00 bits per heavy atom. The van der Waals surface area contributed by atoms with E-state index in [4.69, 9.17) is 20.9 Å². The average Bonchev–Trinajstić information content (AvgIpc) is 2.36. The minimum Gasteiger partial charge on any atom is -0.453 e. The summed E-state index contributed by atoms with van der Waals surface area (Å²) in [7, 11) is 1.34. The number of carbonyl (C=O) groups is 1. The van der Waals surface area contributed by atoms with Crippen LogP contribution >= 0.6 is 0 Å². The van der Waals surface area contributed by atoms with Gasteiger partial charge in [-0.3, -0.25) is 0 Å². The van der Waals surface area contributed by atoms with Gasteiger partial charge in [0.25, 0.3) is 0 Å². The molecule has 0 saturated carbocycles. The number of methoxy groups -OCH3 is 1. The third-order valence-corrected chi connectivity index (χ3v) is 1.97. The number of hydrogen-bond acceptors (Lipinski definition) is 6. The summed E-state index contributed by atoms with van der Waals surface area (Å²) in [4.78, 5) is 12.9. The summed E-state index contributed by atoms with van der Waals surface area (Å²) in [5, 5.41) is 0. The van der Waals surface area contributed by atoms with Crippen molar-refractivity contribution in [3.05, 3.63) is 0 Å². The molecule has 0 heterocycles. The van der Waals surface area contributed by atoms with Gasteiger partial charge < -0.3 is 30.6 Å². The van der Waals surface area contributed by atoms with E-state index in [0.717, 1.165) is 0 Å². The van der Waals surface area contributed by atoms with Gasteiger partial charge in [0.1, 0.15) is 0 Å². The van der Waals surface area contributed by atoms with Crippen molar-refractivity contribution in [2.45, 2.75) is 0 Å². The molecule has 0 rings (SSSR count). The lowest BCUT2D eigenvalue weighted by molar-refractivity contribution is 0.0666. The number of nitrogens with zero attached hydrogens (tertiary/aromatic N) is 1. The first-order chi connectivity index (χ1) is 8.26. The molecule has 0 saturated heterocycles. The van der Waals surface area contributed by atoms with Crippen LogP contribution in [0, 0.1) is 0 Å². The summed E-state index contributed by atoms with van der Waals surface area (Å²) in [5.41, 5.74) is 10.6. The highest BCUT2D eigenvalue weighted by atomic mass is 16.5. The van der Waals surface area contributed by atoms with E-state index >= 15 is 0 Å². The van der Waals surface area contributed by atoms with E-state index in [1.165, 1.54) is 12.0 Å². The molecule has 0 unspecified atom stereocenters. The molecule has 0 atom stereocenters. The molecule has 102 valence electrons. The molecular weight excluding hydrogens is 226 g/mol. The van der Waals surface area contributed by atoms with Crippen LogP contribution in [0.1, 0.15) is 0 Å². The Kier molecular flexibility index (Phi) is 11.0. The molecule has 0 aliphatic carbocycles. The lowest BCUT2D eigenvalue weighted by Gasteiger charge is -2.20. The number of hydrogen-bond donors (Lipinski definition) is 2. The minimum absolute atomic E-state index is 0.391.